The molecule has 3 aliphatic rings. The molecule has 3 rings (SSSR count). The van der Waals surface area contributed by atoms with Crippen LogP contribution in [-0.4, -0.2) is 41.9 Å². The van der Waals surface area contributed by atoms with Crippen molar-refractivity contribution in [3.8, 4) is 0 Å². The number of hydrogen-bond donors (Lipinski definition) is 1. The summed E-state index contributed by atoms with van der Waals surface area (Å²) in [6.07, 6.45) is 1.50. The molecule has 1 aliphatic carbocycles. The molecule has 17 heavy (non-hydrogen) atoms. The maximum absolute atomic E-state index is 13.0. The molecule has 1 saturated carbocycles. The Kier molecular flexibility index (Phi) is 2.61. The first-order valence-electron chi connectivity index (χ1n) is 6.47. The second-order valence-electron chi connectivity index (χ2n) is 5.62. The summed E-state index contributed by atoms with van der Waals surface area (Å²) in [5.74, 6) is -2.58. The number of amides is 1. The van der Waals surface area contributed by atoms with Crippen molar-refractivity contribution >= 4 is 5.91 Å². The Balaban J connectivity index is 1.60. The molecule has 2 atom stereocenters. The van der Waals surface area contributed by atoms with Crippen LogP contribution in [0, 0.1) is 5.92 Å². The number of carbonyl (C=O) groups excluding carboxylic acids is 1. The normalized spacial score (nSPS) is 36.5. The van der Waals surface area contributed by atoms with Crippen molar-refractivity contribution in [1.29, 1.82) is 0 Å². The van der Waals surface area contributed by atoms with Gasteiger partial charge in [-0.2, -0.15) is 0 Å². The van der Waals surface area contributed by atoms with Crippen LogP contribution in [0.15, 0.2) is 0 Å². The standard InChI is InChI=1S/C12H18F2N2O/c13-12(14)3-1-8(2-4-12)11(17)16-7-9-5-10(16)6-15-9/h8-10,15H,1-7H2. The number of nitrogens with one attached hydrogen (secondary N) is 1. The summed E-state index contributed by atoms with van der Waals surface area (Å²) in [5.41, 5.74) is 0. The van der Waals surface area contributed by atoms with Gasteiger partial charge in [-0.3, -0.25) is 4.79 Å². The number of piperazine rings is 1. The van der Waals surface area contributed by atoms with E-state index in [0.717, 1.165) is 19.5 Å². The Hall–Kier alpha value is -0.710. The number of likely N-dealkylation sites (tertiary alicyclic amines) is 1. The highest BCUT2D eigenvalue weighted by atomic mass is 19.3. The maximum Gasteiger partial charge on any atom is 0.248 e. The van der Waals surface area contributed by atoms with E-state index >= 15 is 0 Å². The Morgan fingerprint density at radius 2 is 2.00 bits per heavy atom. The van der Waals surface area contributed by atoms with E-state index < -0.39 is 5.92 Å². The molecule has 0 aromatic carbocycles. The van der Waals surface area contributed by atoms with E-state index in [4.69, 9.17) is 0 Å². The first-order chi connectivity index (χ1) is 8.05. The smallest absolute Gasteiger partial charge is 0.248 e. The summed E-state index contributed by atoms with van der Waals surface area (Å²) in [7, 11) is 0. The van der Waals surface area contributed by atoms with Crippen molar-refractivity contribution in [1.82, 2.24) is 10.2 Å². The number of alkyl halides is 2. The van der Waals surface area contributed by atoms with Crippen LogP contribution in [0.4, 0.5) is 8.78 Å². The van der Waals surface area contributed by atoms with Crippen molar-refractivity contribution in [3.63, 3.8) is 0 Å². The Morgan fingerprint density at radius 3 is 2.53 bits per heavy atom. The molecule has 2 aliphatic heterocycles. The van der Waals surface area contributed by atoms with Crippen molar-refractivity contribution in [2.24, 2.45) is 5.92 Å². The Morgan fingerprint density at radius 1 is 1.29 bits per heavy atom. The fraction of sp³-hybridized carbons (Fsp3) is 0.917. The highest BCUT2D eigenvalue weighted by molar-refractivity contribution is 5.80. The minimum Gasteiger partial charge on any atom is -0.337 e. The van der Waals surface area contributed by atoms with Crippen LogP contribution in [0.25, 0.3) is 0 Å². The van der Waals surface area contributed by atoms with Gasteiger partial charge in [-0.25, -0.2) is 8.78 Å². The molecule has 2 heterocycles. The van der Waals surface area contributed by atoms with Gasteiger partial charge < -0.3 is 10.2 Å². The maximum atomic E-state index is 13.0. The van der Waals surface area contributed by atoms with Crippen LogP contribution in [-0.2, 0) is 4.79 Å². The lowest BCUT2D eigenvalue weighted by Crippen LogP contribution is -2.49. The predicted molar refractivity (Wildman–Crippen MR) is 58.8 cm³/mol. The van der Waals surface area contributed by atoms with Gasteiger partial charge in [0.15, 0.2) is 0 Å². The fourth-order valence-electron chi connectivity index (χ4n) is 3.35. The first kappa shape index (κ1) is 11.4. The highest BCUT2D eigenvalue weighted by Crippen LogP contribution is 2.38. The van der Waals surface area contributed by atoms with Gasteiger partial charge in [0.2, 0.25) is 11.8 Å². The summed E-state index contributed by atoms with van der Waals surface area (Å²) >= 11 is 0. The van der Waals surface area contributed by atoms with Crippen LogP contribution in [0.2, 0.25) is 0 Å². The first-order valence-corrected chi connectivity index (χ1v) is 6.47. The van der Waals surface area contributed by atoms with Crippen molar-refractivity contribution in [2.45, 2.75) is 50.1 Å². The van der Waals surface area contributed by atoms with E-state index in [9.17, 15) is 13.6 Å². The zero-order chi connectivity index (χ0) is 12.0. The molecule has 96 valence electrons. The third-order valence-electron chi connectivity index (χ3n) is 4.41. The predicted octanol–water partition coefficient (Wildman–Crippen LogP) is 1.38. The van der Waals surface area contributed by atoms with Crippen LogP contribution in [0.1, 0.15) is 32.1 Å². The zero-order valence-corrected chi connectivity index (χ0v) is 9.79. The molecule has 0 aromatic heterocycles. The summed E-state index contributed by atoms with van der Waals surface area (Å²) in [5, 5.41) is 3.34. The average molecular weight is 244 g/mol. The molecule has 0 aromatic rings. The molecule has 1 N–H and O–H groups in total. The minimum atomic E-state index is -2.54. The molecule has 2 unspecified atom stereocenters. The van der Waals surface area contributed by atoms with Gasteiger partial charge >= 0.3 is 0 Å². The monoisotopic (exact) mass is 244 g/mol. The van der Waals surface area contributed by atoms with Crippen LogP contribution < -0.4 is 5.32 Å². The van der Waals surface area contributed by atoms with Crippen molar-refractivity contribution in [2.75, 3.05) is 13.1 Å². The lowest BCUT2D eigenvalue weighted by molar-refractivity contribution is -0.141. The van der Waals surface area contributed by atoms with Gasteiger partial charge in [-0.05, 0) is 19.3 Å². The number of fused-ring (bicyclic) bond motifs is 2. The largest absolute Gasteiger partial charge is 0.337 e. The fourth-order valence-corrected chi connectivity index (χ4v) is 3.35. The SMILES string of the molecule is O=C(C1CCC(F)(F)CC1)N1CC2CC1CN2. The lowest BCUT2D eigenvalue weighted by Gasteiger charge is -2.34. The molecule has 2 bridgehead atoms. The summed E-state index contributed by atoms with van der Waals surface area (Å²) in [6, 6.07) is 0.754. The second-order valence-corrected chi connectivity index (χ2v) is 5.62. The number of hydrogen-bond acceptors (Lipinski definition) is 2. The molecule has 3 nitrogen and oxygen atoms in total. The van der Waals surface area contributed by atoms with E-state index in [1.807, 2.05) is 4.90 Å². The summed E-state index contributed by atoms with van der Waals surface area (Å²) in [4.78, 5) is 14.2. The van der Waals surface area contributed by atoms with Crippen LogP contribution in [0.3, 0.4) is 0 Å². The van der Waals surface area contributed by atoms with Crippen molar-refractivity contribution < 1.29 is 13.6 Å². The topological polar surface area (TPSA) is 32.3 Å². The van der Waals surface area contributed by atoms with Crippen molar-refractivity contribution in [3.05, 3.63) is 0 Å². The summed E-state index contributed by atoms with van der Waals surface area (Å²) in [6.45, 7) is 1.65. The molecule has 5 heteroatoms. The Bertz CT molecular complexity index is 324. The van der Waals surface area contributed by atoms with Crippen LogP contribution >= 0.6 is 0 Å². The van der Waals surface area contributed by atoms with Gasteiger partial charge in [0.1, 0.15) is 0 Å². The van der Waals surface area contributed by atoms with Gasteiger partial charge in [0.25, 0.3) is 0 Å². The van der Waals surface area contributed by atoms with Gasteiger partial charge in [0.05, 0.1) is 0 Å². The lowest BCUT2D eigenvalue weighted by atomic mass is 9.85. The molecular weight excluding hydrogens is 226 g/mol. The number of halogens is 2. The third kappa shape index (κ3) is 2.05. The summed E-state index contributed by atoms with van der Waals surface area (Å²) < 4.78 is 26.1. The quantitative estimate of drug-likeness (QED) is 0.756. The van der Waals surface area contributed by atoms with E-state index in [-0.39, 0.29) is 24.7 Å². The molecule has 0 radical (unpaired) electrons. The van der Waals surface area contributed by atoms with Crippen LogP contribution in [0.5, 0.6) is 0 Å². The minimum absolute atomic E-state index is 0.120. The number of carbonyl (C=O) groups is 1. The highest BCUT2D eigenvalue weighted by Gasteiger charge is 2.44. The molecule has 1 amide bonds. The van der Waals surface area contributed by atoms with E-state index in [1.54, 1.807) is 0 Å². The Labute approximate surface area is 99.5 Å². The van der Waals surface area contributed by atoms with Gasteiger partial charge in [0, 0.05) is 43.9 Å². The number of nitrogens with zero attached hydrogens (tertiary/aromatic N) is 1. The van der Waals surface area contributed by atoms with Gasteiger partial charge in [-0.1, -0.05) is 0 Å². The second kappa shape index (κ2) is 3.90. The molecule has 3 fully saturated rings. The van der Waals surface area contributed by atoms with E-state index in [0.29, 0.717) is 24.9 Å². The van der Waals surface area contributed by atoms with E-state index in [2.05, 4.69) is 5.32 Å². The average Bonchev–Trinajstić information content (AvgIpc) is 2.89. The molecule has 2 saturated heterocycles. The molecule has 0 spiro atoms. The van der Waals surface area contributed by atoms with Gasteiger partial charge in [-0.15, -0.1) is 0 Å². The third-order valence-corrected chi connectivity index (χ3v) is 4.41. The number of rotatable bonds is 1. The zero-order valence-electron chi connectivity index (χ0n) is 9.79. The van der Waals surface area contributed by atoms with E-state index in [1.165, 1.54) is 0 Å². The molecular formula is C12H18F2N2O.